The van der Waals surface area contributed by atoms with Crippen LogP contribution in [0.1, 0.15) is 75.8 Å². The van der Waals surface area contributed by atoms with Gasteiger partial charge in [-0.1, -0.05) is 31.4 Å². The number of nitrogens with zero attached hydrogens (tertiary/aromatic N) is 3. The first-order chi connectivity index (χ1) is 17.0. The third-order valence-corrected chi connectivity index (χ3v) is 7.26. The molecule has 2 aliphatic heterocycles. The smallest absolute Gasteiger partial charge is 0.329 e. The van der Waals surface area contributed by atoms with Gasteiger partial charge in [0.1, 0.15) is 6.04 Å². The highest BCUT2D eigenvalue weighted by Gasteiger charge is 2.31. The molecule has 2 aromatic rings. The summed E-state index contributed by atoms with van der Waals surface area (Å²) >= 11 is 0. The maximum atomic E-state index is 13.0. The van der Waals surface area contributed by atoms with Gasteiger partial charge in [0.25, 0.3) is 0 Å². The molecule has 2 N–H and O–H groups in total. The van der Waals surface area contributed by atoms with Gasteiger partial charge in [0.05, 0.1) is 11.0 Å². The van der Waals surface area contributed by atoms with Crippen molar-refractivity contribution in [3.8, 4) is 0 Å². The zero-order valence-corrected chi connectivity index (χ0v) is 20.7. The number of piperidine rings is 2. The van der Waals surface area contributed by atoms with Crippen LogP contribution in [0.2, 0.25) is 0 Å². The van der Waals surface area contributed by atoms with E-state index in [1.807, 2.05) is 12.1 Å². The fraction of sp³-hybridized carbons (Fsp3) is 0.615. The van der Waals surface area contributed by atoms with E-state index in [4.69, 9.17) is 0 Å². The lowest BCUT2D eigenvalue weighted by Crippen LogP contribution is -2.44. The van der Waals surface area contributed by atoms with Gasteiger partial charge in [-0.05, 0) is 63.4 Å². The number of hydrogen-bond donors (Lipinski definition) is 2. The number of carbonyl (C=O) groups is 3. The highest BCUT2D eigenvalue weighted by molar-refractivity contribution is 6.00. The SMILES string of the molecule is Cn1c(=O)n(C2CCC(=O)NC2=O)c2cccc(CNC(=O)CCCCCCN3CCCCC3)c21. The molecular weight excluding hydrogens is 446 g/mol. The second-order valence-electron chi connectivity index (χ2n) is 9.81. The van der Waals surface area contributed by atoms with E-state index >= 15 is 0 Å². The number of likely N-dealkylation sites (tertiary alicyclic amines) is 1. The Morgan fingerprint density at radius 2 is 1.83 bits per heavy atom. The van der Waals surface area contributed by atoms with E-state index in [1.165, 1.54) is 54.5 Å². The molecular formula is C26H37N5O4. The predicted molar refractivity (Wildman–Crippen MR) is 134 cm³/mol. The molecule has 9 heteroatoms. The summed E-state index contributed by atoms with van der Waals surface area (Å²) in [5, 5.41) is 5.31. The minimum Gasteiger partial charge on any atom is -0.352 e. The van der Waals surface area contributed by atoms with E-state index in [-0.39, 0.29) is 23.9 Å². The van der Waals surface area contributed by atoms with Crippen molar-refractivity contribution in [2.75, 3.05) is 19.6 Å². The number of fused-ring (bicyclic) bond motifs is 1. The molecule has 0 aliphatic carbocycles. The standard InChI is InChI=1S/C26H37N5O4/c1-29-24-19(18-27-22(32)12-5-2-3-6-15-30-16-7-4-8-17-30)10-9-11-20(24)31(26(29)35)21-13-14-23(33)28-25(21)34/h9-11,21H,2-8,12-18H2,1H3,(H,27,32)(H,28,33,34). The first-order valence-electron chi connectivity index (χ1n) is 13.0. The third kappa shape index (κ3) is 6.01. The second kappa shape index (κ2) is 11.7. The van der Waals surface area contributed by atoms with E-state index in [0.29, 0.717) is 30.4 Å². The lowest BCUT2D eigenvalue weighted by Gasteiger charge is -2.26. The minimum absolute atomic E-state index is 0.00707. The average molecular weight is 484 g/mol. The molecule has 3 amide bonds. The molecule has 2 saturated heterocycles. The number of carbonyl (C=O) groups excluding carboxylic acids is 3. The Hall–Kier alpha value is -2.94. The summed E-state index contributed by atoms with van der Waals surface area (Å²) in [6.07, 6.45) is 9.28. The average Bonchev–Trinajstić information content (AvgIpc) is 3.11. The van der Waals surface area contributed by atoms with Gasteiger partial charge in [-0.3, -0.25) is 28.8 Å². The summed E-state index contributed by atoms with van der Waals surface area (Å²) < 4.78 is 2.98. The summed E-state index contributed by atoms with van der Waals surface area (Å²) in [6, 6.07) is 4.80. The monoisotopic (exact) mass is 483 g/mol. The maximum Gasteiger partial charge on any atom is 0.329 e. The van der Waals surface area contributed by atoms with Crippen molar-refractivity contribution in [2.24, 2.45) is 7.05 Å². The molecule has 35 heavy (non-hydrogen) atoms. The van der Waals surface area contributed by atoms with Crippen molar-refractivity contribution in [3.63, 3.8) is 0 Å². The lowest BCUT2D eigenvalue weighted by atomic mass is 10.1. The van der Waals surface area contributed by atoms with Crippen LogP contribution in [0.25, 0.3) is 11.0 Å². The van der Waals surface area contributed by atoms with Gasteiger partial charge >= 0.3 is 5.69 Å². The first kappa shape index (κ1) is 25.2. The molecule has 2 fully saturated rings. The zero-order valence-electron chi connectivity index (χ0n) is 20.7. The number of rotatable bonds is 10. The van der Waals surface area contributed by atoms with Crippen molar-refractivity contribution in [1.82, 2.24) is 24.7 Å². The number of unbranched alkanes of at least 4 members (excludes halogenated alkanes) is 3. The quantitative estimate of drug-likeness (QED) is 0.399. The first-order valence-corrected chi connectivity index (χ1v) is 13.0. The summed E-state index contributed by atoms with van der Waals surface area (Å²) in [7, 11) is 1.67. The van der Waals surface area contributed by atoms with Crippen LogP contribution in [0.15, 0.2) is 23.0 Å². The van der Waals surface area contributed by atoms with Gasteiger partial charge in [0.2, 0.25) is 17.7 Å². The number of aromatic nitrogens is 2. The molecule has 0 bridgehead atoms. The Balaban J connectivity index is 1.30. The van der Waals surface area contributed by atoms with Crippen LogP contribution in [-0.4, -0.2) is 51.4 Å². The van der Waals surface area contributed by atoms with E-state index in [2.05, 4.69) is 15.5 Å². The van der Waals surface area contributed by atoms with Crippen LogP contribution in [0.5, 0.6) is 0 Å². The lowest BCUT2D eigenvalue weighted by molar-refractivity contribution is -0.135. The molecule has 0 saturated carbocycles. The van der Waals surface area contributed by atoms with Crippen molar-refractivity contribution >= 4 is 28.8 Å². The minimum atomic E-state index is -0.719. The molecule has 1 aromatic heterocycles. The molecule has 1 atom stereocenters. The van der Waals surface area contributed by atoms with E-state index < -0.39 is 11.9 Å². The number of imide groups is 1. The zero-order chi connectivity index (χ0) is 24.8. The van der Waals surface area contributed by atoms with Crippen LogP contribution in [0.4, 0.5) is 0 Å². The Kier molecular flexibility index (Phi) is 8.38. The van der Waals surface area contributed by atoms with Gasteiger partial charge in [-0.25, -0.2) is 4.79 Å². The Morgan fingerprint density at radius 1 is 1.06 bits per heavy atom. The highest BCUT2D eigenvalue weighted by Crippen LogP contribution is 2.25. The Labute approximate surface area is 205 Å². The van der Waals surface area contributed by atoms with Gasteiger partial charge in [0.15, 0.2) is 0 Å². The number of nitrogens with one attached hydrogen (secondary N) is 2. The van der Waals surface area contributed by atoms with Crippen LogP contribution < -0.4 is 16.3 Å². The molecule has 190 valence electrons. The summed E-state index contributed by atoms with van der Waals surface area (Å²) in [4.78, 5) is 51.9. The van der Waals surface area contributed by atoms with Crippen molar-refractivity contribution in [2.45, 2.75) is 76.8 Å². The fourth-order valence-electron chi connectivity index (χ4n) is 5.33. The van der Waals surface area contributed by atoms with Gasteiger partial charge in [-0.15, -0.1) is 0 Å². The van der Waals surface area contributed by atoms with E-state index in [9.17, 15) is 19.2 Å². The number of imidazole rings is 1. The predicted octanol–water partition coefficient (Wildman–Crippen LogP) is 2.37. The van der Waals surface area contributed by atoms with Crippen LogP contribution in [-0.2, 0) is 28.0 Å². The van der Waals surface area contributed by atoms with Crippen LogP contribution in [0, 0.1) is 0 Å². The van der Waals surface area contributed by atoms with E-state index in [0.717, 1.165) is 24.8 Å². The fourth-order valence-corrected chi connectivity index (χ4v) is 5.33. The Bertz CT molecular complexity index is 1130. The molecule has 2 aliphatic rings. The summed E-state index contributed by atoms with van der Waals surface area (Å²) in [6.45, 7) is 3.96. The van der Waals surface area contributed by atoms with Crippen LogP contribution >= 0.6 is 0 Å². The summed E-state index contributed by atoms with van der Waals surface area (Å²) in [5.74, 6) is -0.761. The third-order valence-electron chi connectivity index (χ3n) is 7.26. The van der Waals surface area contributed by atoms with Gasteiger partial charge in [-0.2, -0.15) is 0 Å². The molecule has 3 heterocycles. The molecule has 1 aromatic carbocycles. The topological polar surface area (TPSA) is 105 Å². The number of para-hydroxylation sites is 1. The summed E-state index contributed by atoms with van der Waals surface area (Å²) in [5.41, 5.74) is 1.84. The normalized spacial score (nSPS) is 19.2. The highest BCUT2D eigenvalue weighted by atomic mass is 16.2. The number of benzene rings is 1. The maximum absolute atomic E-state index is 13.0. The van der Waals surface area contributed by atoms with Gasteiger partial charge in [0, 0.05) is 26.4 Å². The van der Waals surface area contributed by atoms with Crippen molar-refractivity contribution in [3.05, 3.63) is 34.2 Å². The molecule has 0 radical (unpaired) electrons. The number of aryl methyl sites for hydroxylation is 1. The molecule has 0 spiro atoms. The van der Waals surface area contributed by atoms with Crippen molar-refractivity contribution < 1.29 is 14.4 Å². The molecule has 1 unspecified atom stereocenters. The number of hydrogen-bond acceptors (Lipinski definition) is 5. The second-order valence-corrected chi connectivity index (χ2v) is 9.81. The largest absolute Gasteiger partial charge is 0.352 e. The molecule has 9 nitrogen and oxygen atoms in total. The van der Waals surface area contributed by atoms with E-state index in [1.54, 1.807) is 13.1 Å². The van der Waals surface area contributed by atoms with Gasteiger partial charge < -0.3 is 10.2 Å². The van der Waals surface area contributed by atoms with Crippen LogP contribution in [0.3, 0.4) is 0 Å². The Morgan fingerprint density at radius 3 is 2.60 bits per heavy atom. The number of amides is 3. The molecule has 4 rings (SSSR count). The van der Waals surface area contributed by atoms with Crippen molar-refractivity contribution in [1.29, 1.82) is 0 Å².